The molecular weight excluding hydrogens is 408 g/mol. The van der Waals surface area contributed by atoms with E-state index in [0.29, 0.717) is 34.0 Å². The molecule has 0 aromatic heterocycles. The number of nitrogens with one attached hydrogen (secondary N) is 1. The SMILES string of the molecule is CN1C(=O)c2ccccc2Oc2cc(NC(=O)c3ccc(Br)cc3)ccc21. The number of para-hydroxylation sites is 1. The first-order valence-electron chi connectivity index (χ1n) is 8.29. The maximum atomic E-state index is 12.6. The monoisotopic (exact) mass is 422 g/mol. The van der Waals surface area contributed by atoms with E-state index in [1.165, 1.54) is 0 Å². The van der Waals surface area contributed by atoms with E-state index < -0.39 is 0 Å². The van der Waals surface area contributed by atoms with Gasteiger partial charge in [-0.05, 0) is 48.5 Å². The number of hydrogen-bond donors (Lipinski definition) is 1. The van der Waals surface area contributed by atoms with Gasteiger partial charge in [0.15, 0.2) is 5.75 Å². The van der Waals surface area contributed by atoms with E-state index in [1.54, 1.807) is 60.5 Å². The van der Waals surface area contributed by atoms with Crippen molar-refractivity contribution in [2.75, 3.05) is 17.3 Å². The summed E-state index contributed by atoms with van der Waals surface area (Å²) in [5.74, 6) is 0.630. The zero-order chi connectivity index (χ0) is 19.0. The maximum Gasteiger partial charge on any atom is 0.261 e. The molecule has 5 nitrogen and oxygen atoms in total. The Kier molecular flexibility index (Phi) is 4.41. The Balaban J connectivity index is 1.66. The van der Waals surface area contributed by atoms with Crippen molar-refractivity contribution in [3.8, 4) is 11.5 Å². The van der Waals surface area contributed by atoms with Crippen LogP contribution in [0.3, 0.4) is 0 Å². The third kappa shape index (κ3) is 3.31. The third-order valence-corrected chi connectivity index (χ3v) is 4.86. The van der Waals surface area contributed by atoms with Gasteiger partial charge < -0.3 is 15.0 Å². The molecule has 134 valence electrons. The standard InChI is InChI=1S/C21H15BrN2O3/c1-24-17-11-10-15(23-20(25)13-6-8-14(22)9-7-13)12-19(17)27-18-5-3-2-4-16(18)21(24)26/h2-12H,1H3,(H,23,25). The molecule has 0 bridgehead atoms. The number of carbonyl (C=O) groups excluding carboxylic acids is 2. The van der Waals surface area contributed by atoms with Crippen LogP contribution in [0.5, 0.6) is 11.5 Å². The minimum absolute atomic E-state index is 0.143. The van der Waals surface area contributed by atoms with Crippen LogP contribution in [-0.4, -0.2) is 18.9 Å². The molecule has 1 N–H and O–H groups in total. The molecule has 1 aliphatic rings. The van der Waals surface area contributed by atoms with Crippen LogP contribution >= 0.6 is 15.9 Å². The van der Waals surface area contributed by atoms with E-state index in [4.69, 9.17) is 4.74 Å². The first-order valence-corrected chi connectivity index (χ1v) is 9.08. The van der Waals surface area contributed by atoms with Crippen LogP contribution in [-0.2, 0) is 0 Å². The topological polar surface area (TPSA) is 58.6 Å². The number of amides is 2. The van der Waals surface area contributed by atoms with Crippen LogP contribution in [0.4, 0.5) is 11.4 Å². The lowest BCUT2D eigenvalue weighted by atomic mass is 10.1. The summed E-state index contributed by atoms with van der Waals surface area (Å²) in [6.07, 6.45) is 0. The van der Waals surface area contributed by atoms with E-state index in [9.17, 15) is 9.59 Å². The fourth-order valence-electron chi connectivity index (χ4n) is 2.90. The van der Waals surface area contributed by atoms with Gasteiger partial charge in [-0.15, -0.1) is 0 Å². The van der Waals surface area contributed by atoms with Gasteiger partial charge in [0, 0.05) is 28.8 Å². The van der Waals surface area contributed by atoms with Crippen LogP contribution < -0.4 is 15.0 Å². The lowest BCUT2D eigenvalue weighted by molar-refractivity contribution is 0.0991. The fourth-order valence-corrected chi connectivity index (χ4v) is 3.16. The molecule has 6 heteroatoms. The Labute approximate surface area is 164 Å². The zero-order valence-corrected chi connectivity index (χ0v) is 16.0. The van der Waals surface area contributed by atoms with Crippen LogP contribution in [0.2, 0.25) is 0 Å². The van der Waals surface area contributed by atoms with Crippen LogP contribution in [0, 0.1) is 0 Å². The van der Waals surface area contributed by atoms with Gasteiger partial charge in [0.2, 0.25) is 0 Å². The second-order valence-electron chi connectivity index (χ2n) is 6.11. The Morgan fingerprint density at radius 3 is 2.52 bits per heavy atom. The highest BCUT2D eigenvalue weighted by Crippen LogP contribution is 2.39. The molecule has 4 rings (SSSR count). The molecule has 0 radical (unpaired) electrons. The Hall–Kier alpha value is -3.12. The van der Waals surface area contributed by atoms with Crippen molar-refractivity contribution < 1.29 is 14.3 Å². The van der Waals surface area contributed by atoms with Gasteiger partial charge in [0.25, 0.3) is 11.8 Å². The highest BCUT2D eigenvalue weighted by atomic mass is 79.9. The van der Waals surface area contributed by atoms with Gasteiger partial charge in [-0.25, -0.2) is 0 Å². The smallest absolute Gasteiger partial charge is 0.261 e. The Morgan fingerprint density at radius 2 is 1.74 bits per heavy atom. The number of halogens is 1. The van der Waals surface area contributed by atoms with Gasteiger partial charge >= 0.3 is 0 Å². The lowest BCUT2D eigenvalue weighted by Crippen LogP contribution is -2.25. The van der Waals surface area contributed by atoms with Crippen molar-refractivity contribution in [2.45, 2.75) is 0 Å². The molecule has 0 fully saturated rings. The summed E-state index contributed by atoms with van der Waals surface area (Å²) < 4.78 is 6.87. The van der Waals surface area contributed by atoms with E-state index in [-0.39, 0.29) is 11.8 Å². The molecule has 0 aliphatic carbocycles. The summed E-state index contributed by atoms with van der Waals surface area (Å²) in [5.41, 5.74) is 2.27. The third-order valence-electron chi connectivity index (χ3n) is 4.33. The Bertz CT molecular complexity index is 1050. The van der Waals surface area contributed by atoms with E-state index >= 15 is 0 Å². The minimum atomic E-state index is -0.221. The summed E-state index contributed by atoms with van der Waals surface area (Å²) in [7, 11) is 1.70. The van der Waals surface area contributed by atoms with Crippen molar-refractivity contribution in [1.29, 1.82) is 0 Å². The second-order valence-corrected chi connectivity index (χ2v) is 7.02. The summed E-state index contributed by atoms with van der Waals surface area (Å²) in [4.78, 5) is 26.6. The van der Waals surface area contributed by atoms with Gasteiger partial charge in [-0.3, -0.25) is 9.59 Å². The second kappa shape index (κ2) is 6.89. The number of carbonyl (C=O) groups is 2. The molecule has 0 atom stereocenters. The quantitative estimate of drug-likeness (QED) is 0.625. The average Bonchev–Trinajstić information content (AvgIpc) is 2.77. The molecule has 27 heavy (non-hydrogen) atoms. The lowest BCUT2D eigenvalue weighted by Gasteiger charge is -2.17. The number of nitrogens with zero attached hydrogens (tertiary/aromatic N) is 1. The number of ether oxygens (including phenoxy) is 1. The van der Waals surface area contributed by atoms with Crippen molar-refractivity contribution in [3.05, 3.63) is 82.3 Å². The summed E-state index contributed by atoms with van der Waals surface area (Å²) in [6, 6.07) is 19.4. The van der Waals surface area contributed by atoms with Gasteiger partial charge in [-0.2, -0.15) is 0 Å². The van der Waals surface area contributed by atoms with E-state index in [0.717, 1.165) is 4.47 Å². The molecule has 3 aromatic rings. The van der Waals surface area contributed by atoms with Crippen LogP contribution in [0.1, 0.15) is 20.7 Å². The summed E-state index contributed by atoms with van der Waals surface area (Å²) in [6.45, 7) is 0. The van der Waals surface area contributed by atoms with Crippen molar-refractivity contribution in [2.24, 2.45) is 0 Å². The van der Waals surface area contributed by atoms with Crippen molar-refractivity contribution in [3.63, 3.8) is 0 Å². The molecule has 2 amide bonds. The van der Waals surface area contributed by atoms with Crippen molar-refractivity contribution >= 4 is 39.1 Å². The number of fused-ring (bicyclic) bond motifs is 2. The summed E-state index contributed by atoms with van der Waals surface area (Å²) in [5, 5.41) is 2.86. The fraction of sp³-hybridized carbons (Fsp3) is 0.0476. The van der Waals surface area contributed by atoms with E-state index in [2.05, 4.69) is 21.2 Å². The number of benzene rings is 3. The van der Waals surface area contributed by atoms with E-state index in [1.807, 2.05) is 18.2 Å². The minimum Gasteiger partial charge on any atom is -0.454 e. The summed E-state index contributed by atoms with van der Waals surface area (Å²) >= 11 is 3.35. The molecule has 0 spiro atoms. The van der Waals surface area contributed by atoms with Gasteiger partial charge in [0.05, 0.1) is 11.3 Å². The first-order chi connectivity index (χ1) is 13.0. The first kappa shape index (κ1) is 17.3. The van der Waals surface area contributed by atoms with Gasteiger partial charge in [-0.1, -0.05) is 28.1 Å². The van der Waals surface area contributed by atoms with Crippen molar-refractivity contribution in [1.82, 2.24) is 0 Å². The molecule has 0 saturated carbocycles. The van der Waals surface area contributed by atoms with Crippen LogP contribution in [0.25, 0.3) is 0 Å². The molecule has 3 aromatic carbocycles. The molecular formula is C21H15BrN2O3. The molecule has 0 unspecified atom stereocenters. The largest absolute Gasteiger partial charge is 0.454 e. The Morgan fingerprint density at radius 1 is 1.00 bits per heavy atom. The normalized spacial score (nSPS) is 12.5. The van der Waals surface area contributed by atoms with Gasteiger partial charge in [0.1, 0.15) is 5.75 Å². The predicted octanol–water partition coefficient (Wildman–Crippen LogP) is 5.08. The highest BCUT2D eigenvalue weighted by Gasteiger charge is 2.25. The zero-order valence-electron chi connectivity index (χ0n) is 14.4. The van der Waals surface area contributed by atoms with Crippen LogP contribution in [0.15, 0.2) is 71.2 Å². The highest BCUT2D eigenvalue weighted by molar-refractivity contribution is 9.10. The predicted molar refractivity (Wildman–Crippen MR) is 108 cm³/mol. The molecule has 1 aliphatic heterocycles. The molecule has 1 heterocycles. The number of rotatable bonds is 2. The average molecular weight is 423 g/mol. The number of anilines is 2. The maximum absolute atomic E-state index is 12.6. The number of hydrogen-bond acceptors (Lipinski definition) is 3. The molecule has 0 saturated heterocycles.